The maximum absolute atomic E-state index is 12.7. The molecule has 34 heavy (non-hydrogen) atoms. The third-order valence-electron chi connectivity index (χ3n) is 11.1. The molecule has 4 fully saturated rings. The number of aliphatic hydroxyl groups is 3. The molecule has 1 amide bonds. The number of carbonyl (C=O) groups is 1. The van der Waals surface area contributed by atoms with Crippen molar-refractivity contribution in [2.45, 2.75) is 97.0 Å². The lowest BCUT2D eigenvalue weighted by Gasteiger charge is -2.63. The van der Waals surface area contributed by atoms with Gasteiger partial charge in [0.05, 0.1) is 24.9 Å². The van der Waals surface area contributed by atoms with Crippen LogP contribution in [-0.2, 0) is 11.3 Å². The predicted molar refractivity (Wildman–Crippen MR) is 134 cm³/mol. The molecule has 1 heterocycles. The van der Waals surface area contributed by atoms with E-state index in [0.717, 1.165) is 49.8 Å². The van der Waals surface area contributed by atoms with Crippen molar-refractivity contribution < 1.29 is 20.1 Å². The summed E-state index contributed by atoms with van der Waals surface area (Å²) in [6, 6.07) is 4.04. The van der Waals surface area contributed by atoms with E-state index in [9.17, 15) is 20.1 Å². The Morgan fingerprint density at radius 3 is 2.68 bits per heavy atom. The fourth-order valence-electron chi connectivity index (χ4n) is 9.24. The molecule has 4 saturated carbocycles. The average molecular weight is 490 g/mol. The van der Waals surface area contributed by atoms with Crippen LogP contribution in [0, 0.1) is 46.3 Å². The van der Waals surface area contributed by atoms with Crippen molar-refractivity contribution in [3.63, 3.8) is 0 Å². The molecule has 0 saturated heterocycles. The van der Waals surface area contributed by atoms with E-state index >= 15 is 0 Å². The van der Waals surface area contributed by atoms with Crippen LogP contribution in [0.5, 0.6) is 0 Å². The van der Waals surface area contributed by atoms with Crippen LogP contribution in [0.25, 0.3) is 0 Å². The molecule has 1 aromatic rings. The molecule has 0 spiro atoms. The number of nitrogens with one attached hydrogen (secondary N) is 1. The largest absolute Gasteiger partial charge is 0.393 e. The molecule has 0 aromatic carbocycles. The van der Waals surface area contributed by atoms with Gasteiger partial charge in [0, 0.05) is 11.3 Å². The third-order valence-corrected chi connectivity index (χ3v) is 11.9. The minimum atomic E-state index is -0.405. The van der Waals surface area contributed by atoms with E-state index < -0.39 is 6.10 Å². The van der Waals surface area contributed by atoms with Crippen molar-refractivity contribution in [3.05, 3.63) is 22.4 Å². The van der Waals surface area contributed by atoms with Gasteiger partial charge in [-0.2, -0.15) is 0 Å². The molecule has 11 atom stereocenters. The summed E-state index contributed by atoms with van der Waals surface area (Å²) in [4.78, 5) is 13.9. The van der Waals surface area contributed by atoms with Gasteiger partial charge in [0.15, 0.2) is 0 Å². The summed E-state index contributed by atoms with van der Waals surface area (Å²) in [6.07, 6.45) is 5.67. The van der Waals surface area contributed by atoms with Crippen LogP contribution < -0.4 is 5.32 Å². The Balaban J connectivity index is 1.31. The molecular weight excluding hydrogens is 446 g/mol. The van der Waals surface area contributed by atoms with Crippen molar-refractivity contribution in [3.8, 4) is 0 Å². The van der Waals surface area contributed by atoms with Crippen molar-refractivity contribution in [1.82, 2.24) is 5.32 Å². The van der Waals surface area contributed by atoms with Crippen molar-refractivity contribution in [2.75, 3.05) is 0 Å². The number of hydrogen-bond acceptors (Lipinski definition) is 5. The average Bonchev–Trinajstić information content (AvgIpc) is 3.42. The van der Waals surface area contributed by atoms with Crippen LogP contribution in [0.4, 0.5) is 0 Å². The van der Waals surface area contributed by atoms with Gasteiger partial charge in [-0.25, -0.2) is 0 Å². The predicted octanol–water partition coefficient (Wildman–Crippen LogP) is 4.35. The second-order valence-electron chi connectivity index (χ2n) is 12.6. The molecule has 1 aromatic heterocycles. The molecular formula is C28H43NO4S. The number of hydrogen-bond donors (Lipinski definition) is 4. The second-order valence-corrected chi connectivity index (χ2v) is 13.6. The normalized spacial score (nSPS) is 46.8. The van der Waals surface area contributed by atoms with Crippen molar-refractivity contribution in [1.29, 1.82) is 0 Å². The first-order valence-electron chi connectivity index (χ1n) is 13.5. The van der Waals surface area contributed by atoms with Gasteiger partial charge in [-0.15, -0.1) is 11.3 Å². The van der Waals surface area contributed by atoms with Crippen LogP contribution in [0.2, 0.25) is 0 Å². The first-order chi connectivity index (χ1) is 16.1. The monoisotopic (exact) mass is 489 g/mol. The van der Waals surface area contributed by atoms with E-state index in [0.29, 0.717) is 30.7 Å². The summed E-state index contributed by atoms with van der Waals surface area (Å²) >= 11 is 1.66. The van der Waals surface area contributed by atoms with E-state index in [-0.39, 0.29) is 46.7 Å². The zero-order valence-corrected chi connectivity index (χ0v) is 21.8. The van der Waals surface area contributed by atoms with Gasteiger partial charge in [0.25, 0.3) is 0 Å². The molecule has 4 aliphatic rings. The van der Waals surface area contributed by atoms with E-state index in [1.54, 1.807) is 11.3 Å². The zero-order valence-electron chi connectivity index (χ0n) is 21.0. The van der Waals surface area contributed by atoms with Gasteiger partial charge < -0.3 is 20.6 Å². The summed E-state index contributed by atoms with van der Waals surface area (Å²) in [5, 5.41) is 38.5. The first kappa shape index (κ1) is 24.7. The van der Waals surface area contributed by atoms with Gasteiger partial charge in [-0.05, 0) is 103 Å². The highest BCUT2D eigenvalue weighted by molar-refractivity contribution is 7.09. The van der Waals surface area contributed by atoms with E-state index in [1.807, 2.05) is 17.5 Å². The highest BCUT2D eigenvalue weighted by atomic mass is 32.1. The Bertz CT molecular complexity index is 876. The highest BCUT2D eigenvalue weighted by Crippen LogP contribution is 2.68. The molecule has 190 valence electrons. The number of amides is 1. The van der Waals surface area contributed by atoms with Gasteiger partial charge in [-0.3, -0.25) is 4.79 Å². The van der Waals surface area contributed by atoms with E-state index in [4.69, 9.17) is 0 Å². The summed E-state index contributed by atoms with van der Waals surface area (Å²) < 4.78 is 0. The molecule has 5 nitrogen and oxygen atoms in total. The van der Waals surface area contributed by atoms with Crippen LogP contribution >= 0.6 is 11.3 Å². The van der Waals surface area contributed by atoms with Gasteiger partial charge in [0.2, 0.25) is 5.91 Å². The van der Waals surface area contributed by atoms with Crippen LogP contribution in [0.15, 0.2) is 17.5 Å². The standard InChI is InChI=1S/C28H43NO4S/c1-16(11-25(33)29-15-19-5-4-10-34-19)20-6-7-21-26-22(14-24(32)28(20,21)3)27(2)9-8-18(30)12-17(27)13-23(26)31/h4-5,10,16-18,20-24,26,30-32H,6-9,11-15H2,1-3H3,(H,29,33)/t16-,17?,18-,20?,21+,22+,23-,24+,26?,27?,28?/m1/s1. The maximum Gasteiger partial charge on any atom is 0.220 e. The summed E-state index contributed by atoms with van der Waals surface area (Å²) in [5.41, 5.74) is -0.163. The number of carbonyl (C=O) groups excluding carboxylic acids is 1. The minimum Gasteiger partial charge on any atom is -0.393 e. The van der Waals surface area contributed by atoms with Gasteiger partial charge in [0.1, 0.15) is 0 Å². The summed E-state index contributed by atoms with van der Waals surface area (Å²) in [5.74, 6) is 1.73. The van der Waals surface area contributed by atoms with E-state index in [2.05, 4.69) is 26.1 Å². The highest BCUT2D eigenvalue weighted by Gasteiger charge is 2.65. The Labute approximate surface area is 208 Å². The van der Waals surface area contributed by atoms with Crippen LogP contribution in [-0.4, -0.2) is 39.5 Å². The molecule has 5 rings (SSSR count). The number of aliphatic hydroxyl groups excluding tert-OH is 3. The smallest absolute Gasteiger partial charge is 0.220 e. The fourth-order valence-corrected chi connectivity index (χ4v) is 9.88. The SMILES string of the molecule is C[C@H](CC(=O)NCc1cccs1)C1CC[C@H]2C3[C@H](O)CC4C[C@H](O)CCC4(C)[C@H]3C[C@H](O)C12C. The quantitative estimate of drug-likeness (QED) is 0.495. The lowest BCUT2D eigenvalue weighted by atomic mass is 9.43. The fraction of sp³-hybridized carbons (Fsp3) is 0.821. The van der Waals surface area contributed by atoms with E-state index in [1.165, 1.54) is 0 Å². The number of fused-ring (bicyclic) bond motifs is 5. The van der Waals surface area contributed by atoms with Crippen molar-refractivity contribution >= 4 is 17.2 Å². The summed E-state index contributed by atoms with van der Waals surface area (Å²) in [7, 11) is 0. The van der Waals surface area contributed by atoms with Gasteiger partial charge in [-0.1, -0.05) is 26.8 Å². The van der Waals surface area contributed by atoms with Crippen LogP contribution in [0.1, 0.15) is 77.0 Å². The molecule has 4 aliphatic carbocycles. The lowest BCUT2D eigenvalue weighted by Crippen LogP contribution is -2.62. The molecule has 4 N–H and O–H groups in total. The second kappa shape index (κ2) is 9.17. The molecule has 6 heteroatoms. The topological polar surface area (TPSA) is 89.8 Å². The molecule has 5 unspecified atom stereocenters. The Kier molecular flexibility index (Phi) is 6.67. The lowest BCUT2D eigenvalue weighted by molar-refractivity contribution is -0.207. The summed E-state index contributed by atoms with van der Waals surface area (Å²) in [6.45, 7) is 7.39. The van der Waals surface area contributed by atoms with Gasteiger partial charge >= 0.3 is 0 Å². The number of thiophene rings is 1. The molecule has 0 bridgehead atoms. The first-order valence-corrected chi connectivity index (χ1v) is 14.4. The molecule has 0 aliphatic heterocycles. The molecule has 0 radical (unpaired) electrons. The Morgan fingerprint density at radius 1 is 1.15 bits per heavy atom. The van der Waals surface area contributed by atoms with Crippen LogP contribution in [0.3, 0.4) is 0 Å². The minimum absolute atomic E-state index is 0.0879. The Morgan fingerprint density at radius 2 is 1.94 bits per heavy atom. The number of rotatable bonds is 5. The third kappa shape index (κ3) is 3.97. The maximum atomic E-state index is 12.7. The van der Waals surface area contributed by atoms with Crippen molar-refractivity contribution in [2.24, 2.45) is 46.3 Å². The Hall–Kier alpha value is -0.950. The zero-order chi connectivity index (χ0) is 24.3.